The van der Waals surface area contributed by atoms with Gasteiger partial charge in [-0.15, -0.1) is 0 Å². The van der Waals surface area contributed by atoms with Gasteiger partial charge in [0.1, 0.15) is 18.8 Å². The molecule has 1 N–H and O–H groups in total. The Kier molecular flexibility index (Phi) is 11.4. The van der Waals surface area contributed by atoms with E-state index in [0.29, 0.717) is 0 Å². The third-order valence-corrected chi connectivity index (χ3v) is 4.56. The fourth-order valence-corrected chi connectivity index (χ4v) is 3.48. The number of carbonyl (C=O) groups excluding carboxylic acids is 6. The molecule has 13 nitrogen and oxygen atoms in total. The van der Waals surface area contributed by atoms with Crippen LogP contribution in [0.25, 0.3) is 0 Å². The molecule has 1 aliphatic heterocycles. The van der Waals surface area contributed by atoms with Crippen LogP contribution in [-0.2, 0) is 57.2 Å². The number of ether oxygens (including phenoxy) is 6. The van der Waals surface area contributed by atoms with Crippen molar-refractivity contribution < 1.29 is 57.2 Å². The van der Waals surface area contributed by atoms with Crippen molar-refractivity contribution in [3.63, 3.8) is 0 Å². The molecule has 0 unspecified atom stereocenters. The molecule has 13 heteroatoms. The second-order valence-electron chi connectivity index (χ2n) is 7.30. The van der Waals surface area contributed by atoms with Crippen molar-refractivity contribution in [2.75, 3.05) is 19.8 Å². The van der Waals surface area contributed by atoms with Crippen LogP contribution in [0.2, 0.25) is 0 Å². The number of esters is 5. The Bertz CT molecular complexity index is 764. The van der Waals surface area contributed by atoms with Crippen molar-refractivity contribution in [3.05, 3.63) is 0 Å². The number of hydrogen-bond acceptors (Lipinski definition) is 12. The summed E-state index contributed by atoms with van der Waals surface area (Å²) in [6.45, 7) is 6.86. The molecule has 1 saturated heterocycles. The number of amides is 1. The summed E-state index contributed by atoms with van der Waals surface area (Å²) in [6, 6.07) is -1.35. The van der Waals surface area contributed by atoms with Crippen LogP contribution in [0.1, 0.15) is 41.5 Å². The Morgan fingerprint density at radius 1 is 0.765 bits per heavy atom. The van der Waals surface area contributed by atoms with E-state index in [2.05, 4.69) is 5.32 Å². The molecule has 0 spiro atoms. The predicted octanol–water partition coefficient (Wildman–Crippen LogP) is -0.573. The fourth-order valence-electron chi connectivity index (χ4n) is 3.48. The zero-order valence-electron chi connectivity index (χ0n) is 20.0. The second-order valence-corrected chi connectivity index (χ2v) is 7.30. The highest BCUT2D eigenvalue weighted by molar-refractivity contribution is 5.96. The molecule has 1 fully saturated rings. The van der Waals surface area contributed by atoms with Gasteiger partial charge in [0, 0.05) is 27.7 Å². The lowest BCUT2D eigenvalue weighted by Crippen LogP contribution is -2.68. The summed E-state index contributed by atoms with van der Waals surface area (Å²) in [5, 5.41) is 2.49. The van der Waals surface area contributed by atoms with E-state index in [9.17, 15) is 28.8 Å². The van der Waals surface area contributed by atoms with Crippen LogP contribution in [0.5, 0.6) is 0 Å². The molecular weight excluding hydrogens is 458 g/mol. The first kappa shape index (κ1) is 28.8. The van der Waals surface area contributed by atoms with Crippen molar-refractivity contribution in [1.82, 2.24) is 5.32 Å². The Balaban J connectivity index is 3.64. The summed E-state index contributed by atoms with van der Waals surface area (Å²) < 4.78 is 31.6. The van der Waals surface area contributed by atoms with Crippen LogP contribution < -0.4 is 5.32 Å². The first-order valence-corrected chi connectivity index (χ1v) is 10.7. The Morgan fingerprint density at radius 3 is 1.68 bits per heavy atom. The molecule has 0 aromatic heterocycles. The van der Waals surface area contributed by atoms with E-state index in [1.165, 1.54) is 13.8 Å². The van der Waals surface area contributed by atoms with E-state index in [4.69, 9.17) is 28.4 Å². The first-order chi connectivity index (χ1) is 15.9. The zero-order chi connectivity index (χ0) is 26.0. The SMILES string of the molecule is CCOC(=O)C(C(=O)OCC)[C@@H]1O[C@H](COC(C)=O)[C@@H](OC(C)=O)[C@H](OC(C)=O)[C@H]1NC(C)=O. The summed E-state index contributed by atoms with van der Waals surface area (Å²) in [6.07, 6.45) is -5.56. The number of rotatable bonds is 10. The quantitative estimate of drug-likeness (QED) is 0.236. The van der Waals surface area contributed by atoms with Gasteiger partial charge in [0.2, 0.25) is 5.91 Å². The van der Waals surface area contributed by atoms with Crippen molar-refractivity contribution in [2.24, 2.45) is 5.92 Å². The van der Waals surface area contributed by atoms with Gasteiger partial charge in [0.15, 0.2) is 18.1 Å². The van der Waals surface area contributed by atoms with E-state index >= 15 is 0 Å². The molecule has 0 aromatic carbocycles. The summed E-state index contributed by atoms with van der Waals surface area (Å²) in [7, 11) is 0. The van der Waals surface area contributed by atoms with Gasteiger partial charge in [-0.1, -0.05) is 0 Å². The molecule has 1 rings (SSSR count). The van der Waals surface area contributed by atoms with Gasteiger partial charge in [-0.2, -0.15) is 0 Å². The van der Waals surface area contributed by atoms with E-state index in [1.54, 1.807) is 0 Å². The number of carbonyl (C=O) groups is 6. The molecule has 5 atom stereocenters. The maximum atomic E-state index is 12.8. The van der Waals surface area contributed by atoms with Crippen molar-refractivity contribution in [1.29, 1.82) is 0 Å². The molecule has 192 valence electrons. The Hall–Kier alpha value is -3.22. The van der Waals surface area contributed by atoms with Crippen molar-refractivity contribution in [3.8, 4) is 0 Å². The normalized spacial score (nSPS) is 23.9. The van der Waals surface area contributed by atoms with Crippen LogP contribution in [0.4, 0.5) is 0 Å². The molecule has 0 saturated carbocycles. The van der Waals surface area contributed by atoms with Crippen molar-refractivity contribution >= 4 is 35.8 Å². The Morgan fingerprint density at radius 2 is 1.26 bits per heavy atom. The third-order valence-electron chi connectivity index (χ3n) is 4.56. The largest absolute Gasteiger partial charge is 0.465 e. The predicted molar refractivity (Wildman–Crippen MR) is 111 cm³/mol. The Labute approximate surface area is 196 Å². The summed E-state index contributed by atoms with van der Waals surface area (Å²) in [5.74, 6) is -6.66. The molecule has 0 radical (unpaired) electrons. The molecule has 34 heavy (non-hydrogen) atoms. The maximum absolute atomic E-state index is 12.8. The minimum absolute atomic E-state index is 0.0768. The van der Waals surface area contributed by atoms with Crippen LogP contribution in [0, 0.1) is 5.92 Å². The molecule has 0 bridgehead atoms. The lowest BCUT2D eigenvalue weighted by molar-refractivity contribution is -0.234. The highest BCUT2D eigenvalue weighted by atomic mass is 16.6. The van der Waals surface area contributed by atoms with Gasteiger partial charge in [0.05, 0.1) is 19.3 Å². The van der Waals surface area contributed by atoms with Gasteiger partial charge in [-0.25, -0.2) is 0 Å². The summed E-state index contributed by atoms with van der Waals surface area (Å²) >= 11 is 0. The minimum atomic E-state index is -1.71. The van der Waals surface area contributed by atoms with E-state index in [-0.39, 0.29) is 13.2 Å². The number of nitrogens with one attached hydrogen (secondary N) is 1. The number of hydrogen-bond donors (Lipinski definition) is 1. The maximum Gasteiger partial charge on any atom is 0.323 e. The fraction of sp³-hybridized carbons (Fsp3) is 0.714. The van der Waals surface area contributed by atoms with Crippen LogP contribution in [-0.4, -0.2) is 86.0 Å². The highest BCUT2D eigenvalue weighted by Gasteiger charge is 2.56. The zero-order valence-corrected chi connectivity index (χ0v) is 20.0. The standard InChI is InChI=1S/C21H31NO12/c1-7-29-20(27)15(21(28)30-8-2)18-16(22-10(3)23)19(33-13(6)26)17(32-12(5)25)14(34-18)9-31-11(4)24/h14-19H,7-9H2,1-6H3,(H,22,23)/t14-,16+,17-,18+,19-/m1/s1. The lowest BCUT2D eigenvalue weighted by Gasteiger charge is -2.46. The third kappa shape index (κ3) is 8.28. The molecule has 1 heterocycles. The average molecular weight is 489 g/mol. The average Bonchev–Trinajstić information content (AvgIpc) is 2.70. The van der Waals surface area contributed by atoms with Gasteiger partial charge >= 0.3 is 29.8 Å². The molecule has 0 aliphatic carbocycles. The van der Waals surface area contributed by atoms with E-state index < -0.39 is 78.7 Å². The van der Waals surface area contributed by atoms with Gasteiger partial charge in [0.25, 0.3) is 0 Å². The first-order valence-electron chi connectivity index (χ1n) is 10.7. The van der Waals surface area contributed by atoms with Crippen LogP contribution >= 0.6 is 0 Å². The topological polar surface area (TPSA) is 170 Å². The van der Waals surface area contributed by atoms with Crippen molar-refractivity contribution in [2.45, 2.75) is 72.0 Å². The van der Waals surface area contributed by atoms with Gasteiger partial charge < -0.3 is 33.7 Å². The van der Waals surface area contributed by atoms with Gasteiger partial charge in [-0.3, -0.25) is 28.8 Å². The smallest absolute Gasteiger partial charge is 0.323 e. The minimum Gasteiger partial charge on any atom is -0.465 e. The van der Waals surface area contributed by atoms with E-state index in [1.807, 2.05) is 0 Å². The van der Waals surface area contributed by atoms with Crippen LogP contribution in [0.15, 0.2) is 0 Å². The lowest BCUT2D eigenvalue weighted by atomic mass is 9.85. The molecular formula is C21H31NO12. The molecule has 1 aliphatic rings. The second kappa shape index (κ2) is 13.5. The molecule has 1 amide bonds. The highest BCUT2D eigenvalue weighted by Crippen LogP contribution is 2.32. The van der Waals surface area contributed by atoms with Crippen LogP contribution in [0.3, 0.4) is 0 Å². The molecule has 0 aromatic rings. The monoisotopic (exact) mass is 489 g/mol. The van der Waals surface area contributed by atoms with Gasteiger partial charge in [-0.05, 0) is 13.8 Å². The summed E-state index contributed by atoms with van der Waals surface area (Å²) in [4.78, 5) is 72.6. The summed E-state index contributed by atoms with van der Waals surface area (Å²) in [5.41, 5.74) is 0. The van der Waals surface area contributed by atoms with E-state index in [0.717, 1.165) is 27.7 Å².